The minimum atomic E-state index is 0.183. The maximum Gasteiger partial charge on any atom is 0.133 e. The second-order valence-corrected chi connectivity index (χ2v) is 2.95. The summed E-state index contributed by atoms with van der Waals surface area (Å²) in [6.07, 6.45) is 2.45. The summed E-state index contributed by atoms with van der Waals surface area (Å²) in [6.45, 7) is 3.70. The van der Waals surface area contributed by atoms with Crippen LogP contribution in [-0.2, 0) is 4.79 Å². The molecule has 0 bridgehead atoms. The van der Waals surface area contributed by atoms with Crippen LogP contribution >= 0.6 is 0 Å². The Bertz CT molecular complexity index is 165. The topological polar surface area (TPSA) is 40.9 Å². The lowest BCUT2D eigenvalue weighted by atomic mass is 10.2. The van der Waals surface area contributed by atoms with Crippen molar-refractivity contribution in [2.75, 3.05) is 0 Å². The third kappa shape index (κ3) is 0.981. The van der Waals surface area contributed by atoms with Gasteiger partial charge in [0, 0.05) is 11.8 Å². The summed E-state index contributed by atoms with van der Waals surface area (Å²) in [5.74, 6) is 1.18. The Morgan fingerprint density at radius 1 is 1.70 bits per heavy atom. The monoisotopic (exact) mass is 139 g/mol. The maximum atomic E-state index is 10.8. The van der Waals surface area contributed by atoms with Gasteiger partial charge in [0.25, 0.3) is 0 Å². The first-order chi connectivity index (χ1) is 4.72. The number of carbonyl (C=O) groups is 1. The third-order valence-corrected chi connectivity index (χ3v) is 2.36. The van der Waals surface area contributed by atoms with Gasteiger partial charge in [0.1, 0.15) is 5.78 Å². The second-order valence-electron chi connectivity index (χ2n) is 2.95. The van der Waals surface area contributed by atoms with E-state index in [0.29, 0.717) is 5.92 Å². The predicted octanol–water partition coefficient (Wildman–Crippen LogP) is 1.50. The van der Waals surface area contributed by atoms with Crippen LogP contribution in [0.4, 0.5) is 0 Å². The van der Waals surface area contributed by atoms with E-state index in [1.165, 1.54) is 6.21 Å². The molecular weight excluding hydrogens is 126 g/mol. The molecule has 0 radical (unpaired) electrons. The molecule has 0 aliphatic heterocycles. The van der Waals surface area contributed by atoms with Crippen LogP contribution in [0.5, 0.6) is 0 Å². The Labute approximate surface area is 61.1 Å². The predicted molar refractivity (Wildman–Crippen MR) is 40.2 cm³/mol. The van der Waals surface area contributed by atoms with Crippen molar-refractivity contribution in [2.45, 2.75) is 20.3 Å². The number of carbonyl (C=O) groups excluding carboxylic acids is 1. The zero-order valence-corrected chi connectivity index (χ0v) is 6.42. The summed E-state index contributed by atoms with van der Waals surface area (Å²) in [4.78, 5) is 10.8. The average molecular weight is 139 g/mol. The highest BCUT2D eigenvalue weighted by Gasteiger charge is 2.50. The molecule has 0 aromatic carbocycles. The summed E-state index contributed by atoms with van der Waals surface area (Å²) in [6, 6.07) is 0. The highest BCUT2D eigenvalue weighted by Crippen LogP contribution is 2.47. The molecule has 1 fully saturated rings. The Balaban J connectivity index is 2.51. The molecule has 3 atom stereocenters. The van der Waals surface area contributed by atoms with E-state index in [-0.39, 0.29) is 17.6 Å². The Kier molecular flexibility index (Phi) is 1.88. The van der Waals surface area contributed by atoms with Crippen molar-refractivity contribution in [3.8, 4) is 0 Å². The van der Waals surface area contributed by atoms with Crippen LogP contribution in [0.2, 0.25) is 0 Å². The number of ketones is 1. The quantitative estimate of drug-likeness (QED) is 0.591. The number of hydrogen-bond acceptors (Lipinski definition) is 2. The number of nitrogens with one attached hydrogen (secondary N) is 1. The molecule has 0 aromatic heterocycles. The van der Waals surface area contributed by atoms with Crippen molar-refractivity contribution in [1.29, 1.82) is 5.41 Å². The van der Waals surface area contributed by atoms with E-state index >= 15 is 0 Å². The Morgan fingerprint density at radius 2 is 2.30 bits per heavy atom. The van der Waals surface area contributed by atoms with Crippen LogP contribution in [0.1, 0.15) is 20.3 Å². The fraction of sp³-hybridized carbons (Fsp3) is 0.750. The van der Waals surface area contributed by atoms with Gasteiger partial charge in [0.2, 0.25) is 0 Å². The van der Waals surface area contributed by atoms with Gasteiger partial charge >= 0.3 is 0 Å². The molecule has 1 aliphatic carbocycles. The van der Waals surface area contributed by atoms with E-state index < -0.39 is 0 Å². The van der Waals surface area contributed by atoms with Crippen LogP contribution in [0.3, 0.4) is 0 Å². The van der Waals surface area contributed by atoms with Crippen LogP contribution < -0.4 is 0 Å². The lowest BCUT2D eigenvalue weighted by Gasteiger charge is -1.85. The molecule has 1 N–H and O–H groups in total. The van der Waals surface area contributed by atoms with E-state index in [1.54, 1.807) is 6.92 Å². The maximum absolute atomic E-state index is 10.8. The molecule has 10 heavy (non-hydrogen) atoms. The van der Waals surface area contributed by atoms with Crippen LogP contribution in [0.15, 0.2) is 0 Å². The van der Waals surface area contributed by atoms with Crippen LogP contribution in [0.25, 0.3) is 0 Å². The average Bonchev–Trinajstić information content (AvgIpc) is 2.60. The first-order valence-corrected chi connectivity index (χ1v) is 3.73. The van der Waals surface area contributed by atoms with Crippen LogP contribution in [-0.4, -0.2) is 12.0 Å². The minimum absolute atomic E-state index is 0.183. The molecule has 2 nitrogen and oxygen atoms in total. The number of hydrogen-bond donors (Lipinski definition) is 1. The highest BCUT2D eigenvalue weighted by molar-refractivity contribution is 5.87. The zero-order chi connectivity index (χ0) is 7.72. The minimum Gasteiger partial charge on any atom is -0.313 e. The first kappa shape index (κ1) is 7.45. The first-order valence-electron chi connectivity index (χ1n) is 3.73. The fourth-order valence-electron chi connectivity index (χ4n) is 1.73. The molecule has 0 aromatic rings. The Morgan fingerprint density at radius 3 is 2.40 bits per heavy atom. The molecule has 0 saturated heterocycles. The van der Waals surface area contributed by atoms with Crippen molar-refractivity contribution in [2.24, 2.45) is 17.8 Å². The summed E-state index contributed by atoms with van der Waals surface area (Å²) < 4.78 is 0. The van der Waals surface area contributed by atoms with Gasteiger partial charge in [-0.3, -0.25) is 4.79 Å². The summed E-state index contributed by atoms with van der Waals surface area (Å²) in [5, 5.41) is 7.00. The van der Waals surface area contributed by atoms with Crippen molar-refractivity contribution >= 4 is 12.0 Å². The van der Waals surface area contributed by atoms with E-state index in [0.717, 1.165) is 6.42 Å². The van der Waals surface area contributed by atoms with Gasteiger partial charge in [0.15, 0.2) is 0 Å². The van der Waals surface area contributed by atoms with Crippen molar-refractivity contribution in [3.05, 3.63) is 0 Å². The van der Waals surface area contributed by atoms with E-state index in [2.05, 4.69) is 6.92 Å². The molecule has 2 heteroatoms. The molecule has 0 spiro atoms. The zero-order valence-electron chi connectivity index (χ0n) is 6.42. The highest BCUT2D eigenvalue weighted by atomic mass is 16.1. The van der Waals surface area contributed by atoms with Gasteiger partial charge in [-0.15, -0.1) is 0 Å². The summed E-state index contributed by atoms with van der Waals surface area (Å²) in [5.41, 5.74) is 0. The molecule has 1 saturated carbocycles. The summed E-state index contributed by atoms with van der Waals surface area (Å²) >= 11 is 0. The molecule has 1 rings (SSSR count). The van der Waals surface area contributed by atoms with Gasteiger partial charge in [-0.05, 0) is 19.1 Å². The largest absolute Gasteiger partial charge is 0.313 e. The molecule has 1 unspecified atom stereocenters. The lowest BCUT2D eigenvalue weighted by molar-refractivity contribution is -0.118. The normalized spacial score (nSPS) is 37.2. The van der Waals surface area contributed by atoms with Gasteiger partial charge in [-0.1, -0.05) is 13.3 Å². The number of Topliss-reactive ketones (excluding diaryl/α,β-unsaturated/α-hetero) is 1. The van der Waals surface area contributed by atoms with Gasteiger partial charge in [-0.25, -0.2) is 0 Å². The molecule has 56 valence electrons. The fourth-order valence-corrected chi connectivity index (χ4v) is 1.73. The van der Waals surface area contributed by atoms with Crippen molar-refractivity contribution < 1.29 is 4.79 Å². The second kappa shape index (κ2) is 2.52. The molecule has 0 heterocycles. The Hall–Kier alpha value is -0.660. The van der Waals surface area contributed by atoms with Gasteiger partial charge in [-0.2, -0.15) is 0 Å². The smallest absolute Gasteiger partial charge is 0.133 e. The SMILES string of the molecule is CC[C@@H]1C(C=N)[C@H]1C(C)=O. The van der Waals surface area contributed by atoms with Crippen LogP contribution in [0, 0.1) is 23.2 Å². The third-order valence-electron chi connectivity index (χ3n) is 2.36. The standard InChI is InChI=1S/C8H13NO/c1-3-6-7(4-9)8(6)5(2)10/h4,6-9H,3H2,1-2H3/t6-,7?,8+/m1/s1. The van der Waals surface area contributed by atoms with E-state index in [1.807, 2.05) is 0 Å². The van der Waals surface area contributed by atoms with E-state index in [9.17, 15) is 4.79 Å². The number of rotatable bonds is 3. The summed E-state index contributed by atoms with van der Waals surface area (Å²) in [7, 11) is 0. The van der Waals surface area contributed by atoms with Crippen molar-refractivity contribution in [1.82, 2.24) is 0 Å². The lowest BCUT2D eigenvalue weighted by Crippen LogP contribution is -1.95. The van der Waals surface area contributed by atoms with Gasteiger partial charge < -0.3 is 5.41 Å². The van der Waals surface area contributed by atoms with Gasteiger partial charge in [0.05, 0.1) is 0 Å². The molecule has 1 aliphatic rings. The molecular formula is C8H13NO. The van der Waals surface area contributed by atoms with E-state index in [4.69, 9.17) is 5.41 Å². The van der Waals surface area contributed by atoms with Crippen molar-refractivity contribution in [3.63, 3.8) is 0 Å². The molecule has 0 amide bonds.